The number of benzene rings is 6. The van der Waals surface area contributed by atoms with Crippen molar-refractivity contribution < 1.29 is 19.8 Å². The molecule has 0 spiro atoms. The van der Waals surface area contributed by atoms with Gasteiger partial charge < -0.3 is 10.2 Å². The van der Waals surface area contributed by atoms with Crippen molar-refractivity contribution in [3.63, 3.8) is 0 Å². The Kier molecular flexibility index (Phi) is 7.88. The first-order chi connectivity index (χ1) is 28.2. The van der Waals surface area contributed by atoms with E-state index >= 15 is 0 Å². The quantitative estimate of drug-likeness (QED) is 0.164. The highest BCUT2D eigenvalue weighted by Gasteiger charge is 2.36. The molecule has 0 radical (unpaired) electrons. The third kappa shape index (κ3) is 5.47. The lowest BCUT2D eigenvalue weighted by Gasteiger charge is -2.21. The number of hydrogen-bond acceptors (Lipinski definition) is 6. The molecule has 1 aliphatic rings. The van der Waals surface area contributed by atoms with Crippen LogP contribution in [0.15, 0.2) is 152 Å². The Bertz CT molecular complexity index is 3050. The summed E-state index contributed by atoms with van der Waals surface area (Å²) in [5.41, 5.74) is 9.54. The van der Waals surface area contributed by atoms with Crippen LogP contribution in [-0.4, -0.2) is 46.7 Å². The zero-order valence-electron chi connectivity index (χ0n) is 31.4. The standard InChI is InChI=1S/C49H33N5O4/c1-49(2)38-17-10-9-16-32(38)33-25-35-34-22-30(31-23-36(47(55)56)44(37(24-31)48(57)58)46-50-20-11-21-51-46)18-19-41(34)54(42(35)26-39(33)49)43-27-40(28-12-5-3-6-13-28)52-45(53-43)29-14-7-4-8-15-29/h3-27H,1-2H3,(H,55,56)(H,57,58). The van der Waals surface area contributed by atoms with Gasteiger partial charge >= 0.3 is 11.9 Å². The molecule has 9 nitrogen and oxygen atoms in total. The van der Waals surface area contributed by atoms with Gasteiger partial charge in [-0.2, -0.15) is 0 Å². The molecule has 9 heteroatoms. The summed E-state index contributed by atoms with van der Waals surface area (Å²) in [6, 6.07) is 45.5. The molecule has 0 amide bonds. The van der Waals surface area contributed by atoms with Crippen LogP contribution in [-0.2, 0) is 5.41 Å². The number of nitrogens with zero attached hydrogens (tertiary/aromatic N) is 5. The van der Waals surface area contributed by atoms with Gasteiger partial charge in [0.1, 0.15) is 5.82 Å². The fourth-order valence-electron chi connectivity index (χ4n) is 8.48. The molecule has 0 unspecified atom stereocenters. The topological polar surface area (TPSA) is 131 Å². The van der Waals surface area contributed by atoms with E-state index in [4.69, 9.17) is 9.97 Å². The van der Waals surface area contributed by atoms with Crippen LogP contribution >= 0.6 is 0 Å². The second kappa shape index (κ2) is 13.2. The minimum Gasteiger partial charge on any atom is -0.478 e. The highest BCUT2D eigenvalue weighted by atomic mass is 16.4. The second-order valence-electron chi connectivity index (χ2n) is 14.9. The number of aromatic carboxylic acids is 2. The fraction of sp³-hybridized carbons (Fsp3) is 0.0612. The van der Waals surface area contributed by atoms with Crippen LogP contribution in [0.4, 0.5) is 0 Å². The average molecular weight is 756 g/mol. The summed E-state index contributed by atoms with van der Waals surface area (Å²) in [5.74, 6) is -1.28. The monoisotopic (exact) mass is 755 g/mol. The minimum atomic E-state index is -1.28. The summed E-state index contributed by atoms with van der Waals surface area (Å²) in [7, 11) is 0. The van der Waals surface area contributed by atoms with E-state index < -0.39 is 11.9 Å². The van der Waals surface area contributed by atoms with Crippen molar-refractivity contribution in [1.82, 2.24) is 24.5 Å². The molecule has 0 fully saturated rings. The van der Waals surface area contributed by atoms with Gasteiger partial charge in [-0.1, -0.05) is 105 Å². The van der Waals surface area contributed by atoms with E-state index in [0.29, 0.717) is 22.8 Å². The zero-order valence-corrected chi connectivity index (χ0v) is 31.4. The Morgan fingerprint density at radius 3 is 1.86 bits per heavy atom. The van der Waals surface area contributed by atoms with Crippen LogP contribution in [0.3, 0.4) is 0 Å². The molecule has 2 N–H and O–H groups in total. The summed E-state index contributed by atoms with van der Waals surface area (Å²) in [4.78, 5) is 44.2. The lowest BCUT2D eigenvalue weighted by Crippen LogP contribution is -2.15. The van der Waals surface area contributed by atoms with Crippen LogP contribution in [0.1, 0.15) is 45.7 Å². The van der Waals surface area contributed by atoms with E-state index in [1.165, 1.54) is 41.2 Å². The van der Waals surface area contributed by atoms with Gasteiger partial charge in [0.2, 0.25) is 0 Å². The number of fused-ring (bicyclic) bond motifs is 6. The number of carboxylic acid groups (broad SMARTS) is 2. The van der Waals surface area contributed by atoms with Crippen molar-refractivity contribution in [3.8, 4) is 62.1 Å². The van der Waals surface area contributed by atoms with E-state index in [2.05, 4.69) is 64.8 Å². The molecule has 0 aliphatic heterocycles. The molecule has 0 saturated heterocycles. The normalized spacial score (nSPS) is 12.7. The number of carboxylic acids is 2. The SMILES string of the molecule is CC1(C)c2ccccc2-c2cc3c4cc(-c5cc(C(=O)O)c(-c6ncccn6)c(C(=O)O)c5)ccc4n(-c4cc(-c5ccccc5)nc(-c5ccccc5)n4)c3cc21. The lowest BCUT2D eigenvalue weighted by atomic mass is 9.82. The summed E-state index contributed by atoms with van der Waals surface area (Å²) in [6.45, 7) is 4.51. The molecule has 3 aromatic heterocycles. The number of carbonyl (C=O) groups is 2. The summed E-state index contributed by atoms with van der Waals surface area (Å²) in [6.07, 6.45) is 2.91. The molecule has 1 aliphatic carbocycles. The van der Waals surface area contributed by atoms with Gasteiger partial charge in [-0.05, 0) is 75.8 Å². The smallest absolute Gasteiger partial charge is 0.336 e. The van der Waals surface area contributed by atoms with E-state index in [1.807, 2.05) is 84.9 Å². The molecule has 6 aromatic carbocycles. The Morgan fingerprint density at radius 1 is 0.534 bits per heavy atom. The van der Waals surface area contributed by atoms with Gasteiger partial charge in [0.15, 0.2) is 11.6 Å². The van der Waals surface area contributed by atoms with Gasteiger partial charge in [-0.15, -0.1) is 0 Å². The average Bonchev–Trinajstić information content (AvgIpc) is 3.70. The Balaban J connectivity index is 1.27. The summed E-state index contributed by atoms with van der Waals surface area (Å²) in [5, 5.41) is 22.7. The van der Waals surface area contributed by atoms with Gasteiger partial charge in [0, 0.05) is 51.3 Å². The molecule has 9 aromatic rings. The number of rotatable bonds is 7. The molecular formula is C49H33N5O4. The predicted octanol–water partition coefficient (Wildman–Crippen LogP) is 10.7. The third-order valence-electron chi connectivity index (χ3n) is 11.2. The van der Waals surface area contributed by atoms with Gasteiger partial charge in [0.25, 0.3) is 0 Å². The maximum Gasteiger partial charge on any atom is 0.336 e. The van der Waals surface area contributed by atoms with Crippen molar-refractivity contribution >= 4 is 33.7 Å². The third-order valence-corrected chi connectivity index (χ3v) is 11.2. The number of aromatic nitrogens is 5. The summed E-state index contributed by atoms with van der Waals surface area (Å²) >= 11 is 0. The van der Waals surface area contributed by atoms with Crippen LogP contribution in [0.25, 0.3) is 83.9 Å². The van der Waals surface area contributed by atoms with Gasteiger partial charge in [0.05, 0.1) is 27.9 Å². The Morgan fingerprint density at radius 2 is 1.17 bits per heavy atom. The molecule has 0 atom stereocenters. The first kappa shape index (κ1) is 34.7. The molecule has 278 valence electrons. The van der Waals surface area contributed by atoms with E-state index in [0.717, 1.165) is 44.2 Å². The largest absolute Gasteiger partial charge is 0.478 e. The van der Waals surface area contributed by atoms with Crippen molar-refractivity contribution in [2.75, 3.05) is 0 Å². The van der Waals surface area contributed by atoms with E-state index in [9.17, 15) is 19.8 Å². The number of hydrogen-bond donors (Lipinski definition) is 2. The summed E-state index contributed by atoms with van der Waals surface area (Å²) < 4.78 is 2.18. The predicted molar refractivity (Wildman–Crippen MR) is 225 cm³/mol. The molecule has 58 heavy (non-hydrogen) atoms. The zero-order chi connectivity index (χ0) is 39.7. The van der Waals surface area contributed by atoms with Crippen molar-refractivity contribution in [2.45, 2.75) is 19.3 Å². The molecular weight excluding hydrogens is 723 g/mol. The maximum atomic E-state index is 12.8. The van der Waals surface area contributed by atoms with Crippen LogP contribution in [0.2, 0.25) is 0 Å². The fourth-order valence-corrected chi connectivity index (χ4v) is 8.48. The highest BCUT2D eigenvalue weighted by molar-refractivity contribution is 6.13. The first-order valence-electron chi connectivity index (χ1n) is 18.8. The molecule has 10 rings (SSSR count). The maximum absolute atomic E-state index is 12.8. The Hall–Kier alpha value is -7.78. The molecule has 0 saturated carbocycles. The Labute approximate surface area is 332 Å². The second-order valence-corrected chi connectivity index (χ2v) is 14.9. The lowest BCUT2D eigenvalue weighted by molar-refractivity contribution is 0.0696. The van der Waals surface area contributed by atoms with Crippen LogP contribution in [0, 0.1) is 0 Å². The highest BCUT2D eigenvalue weighted by Crippen LogP contribution is 2.51. The van der Waals surface area contributed by atoms with E-state index in [-0.39, 0.29) is 27.9 Å². The van der Waals surface area contributed by atoms with Crippen LogP contribution in [0.5, 0.6) is 0 Å². The molecule has 3 heterocycles. The van der Waals surface area contributed by atoms with E-state index in [1.54, 1.807) is 6.07 Å². The molecule has 0 bridgehead atoms. The van der Waals surface area contributed by atoms with Crippen molar-refractivity contribution in [3.05, 3.63) is 174 Å². The first-order valence-corrected chi connectivity index (χ1v) is 18.8. The van der Waals surface area contributed by atoms with Gasteiger partial charge in [-0.3, -0.25) is 4.57 Å². The van der Waals surface area contributed by atoms with Crippen molar-refractivity contribution in [2.24, 2.45) is 0 Å². The van der Waals surface area contributed by atoms with Crippen LogP contribution < -0.4 is 0 Å². The minimum absolute atomic E-state index is 0.0222. The van der Waals surface area contributed by atoms with Crippen molar-refractivity contribution in [1.29, 1.82) is 0 Å². The van der Waals surface area contributed by atoms with Gasteiger partial charge in [-0.25, -0.2) is 29.5 Å².